The summed E-state index contributed by atoms with van der Waals surface area (Å²) in [6.07, 6.45) is 0.101. The SMILES string of the molecule is CCN(CC(=O)Cc1ccccc1F)CC(C)C#N. The van der Waals surface area contributed by atoms with Crippen LogP contribution in [0.25, 0.3) is 0 Å². The second-order valence-corrected chi connectivity index (χ2v) is 4.66. The molecule has 0 aliphatic carbocycles. The summed E-state index contributed by atoms with van der Waals surface area (Å²) < 4.78 is 13.4. The Labute approximate surface area is 113 Å². The Morgan fingerprint density at radius 2 is 2.16 bits per heavy atom. The third-order valence-electron chi connectivity index (χ3n) is 2.95. The molecule has 3 nitrogen and oxygen atoms in total. The number of nitriles is 1. The van der Waals surface area contributed by atoms with Crippen LogP contribution in [0.4, 0.5) is 4.39 Å². The standard InChI is InChI=1S/C15H19FN2O/c1-3-18(10-12(2)9-17)11-14(19)8-13-6-4-5-7-15(13)16/h4-7,12H,3,8,10-11H2,1-2H3. The fourth-order valence-corrected chi connectivity index (χ4v) is 1.89. The van der Waals surface area contributed by atoms with Gasteiger partial charge in [0, 0.05) is 13.0 Å². The molecule has 1 rings (SSSR count). The van der Waals surface area contributed by atoms with Crippen LogP contribution in [0.3, 0.4) is 0 Å². The van der Waals surface area contributed by atoms with Crippen molar-refractivity contribution in [3.8, 4) is 6.07 Å². The summed E-state index contributed by atoms with van der Waals surface area (Å²) in [6.45, 7) is 5.30. The zero-order chi connectivity index (χ0) is 14.3. The Hall–Kier alpha value is -1.73. The van der Waals surface area contributed by atoms with Gasteiger partial charge in [0.25, 0.3) is 0 Å². The summed E-state index contributed by atoms with van der Waals surface area (Å²) in [5, 5.41) is 8.77. The Morgan fingerprint density at radius 1 is 1.47 bits per heavy atom. The van der Waals surface area contributed by atoms with Gasteiger partial charge in [-0.05, 0) is 25.1 Å². The minimum Gasteiger partial charge on any atom is -0.298 e. The minimum absolute atomic E-state index is 0.0305. The van der Waals surface area contributed by atoms with Crippen LogP contribution in [-0.2, 0) is 11.2 Å². The second-order valence-electron chi connectivity index (χ2n) is 4.66. The molecule has 19 heavy (non-hydrogen) atoms. The summed E-state index contributed by atoms with van der Waals surface area (Å²) >= 11 is 0. The van der Waals surface area contributed by atoms with Crippen molar-refractivity contribution in [3.63, 3.8) is 0 Å². The van der Waals surface area contributed by atoms with Crippen LogP contribution in [0.15, 0.2) is 24.3 Å². The molecule has 0 saturated heterocycles. The van der Waals surface area contributed by atoms with Crippen LogP contribution < -0.4 is 0 Å². The number of ketones is 1. The third kappa shape index (κ3) is 5.19. The maximum absolute atomic E-state index is 13.4. The zero-order valence-electron chi connectivity index (χ0n) is 11.4. The van der Waals surface area contributed by atoms with Gasteiger partial charge < -0.3 is 0 Å². The Morgan fingerprint density at radius 3 is 2.74 bits per heavy atom. The predicted molar refractivity (Wildman–Crippen MR) is 72.0 cm³/mol. The van der Waals surface area contributed by atoms with Crippen molar-refractivity contribution < 1.29 is 9.18 Å². The molecule has 0 radical (unpaired) electrons. The molecule has 0 aromatic heterocycles. The number of benzene rings is 1. The molecule has 0 aliphatic rings. The highest BCUT2D eigenvalue weighted by Gasteiger charge is 2.14. The average molecular weight is 262 g/mol. The van der Waals surface area contributed by atoms with Crippen molar-refractivity contribution in [2.24, 2.45) is 5.92 Å². The second kappa shape index (κ2) is 7.65. The van der Waals surface area contributed by atoms with Gasteiger partial charge in [-0.2, -0.15) is 5.26 Å². The molecule has 1 aromatic carbocycles. The van der Waals surface area contributed by atoms with Crippen molar-refractivity contribution in [1.82, 2.24) is 4.90 Å². The lowest BCUT2D eigenvalue weighted by molar-refractivity contribution is -0.119. The molecular weight excluding hydrogens is 243 g/mol. The molecule has 102 valence electrons. The van der Waals surface area contributed by atoms with Crippen LogP contribution in [-0.4, -0.2) is 30.3 Å². The van der Waals surface area contributed by atoms with Crippen LogP contribution in [0.5, 0.6) is 0 Å². The van der Waals surface area contributed by atoms with Gasteiger partial charge in [-0.1, -0.05) is 25.1 Å². The van der Waals surface area contributed by atoms with Crippen LogP contribution >= 0.6 is 0 Å². The van der Waals surface area contributed by atoms with E-state index in [1.807, 2.05) is 18.7 Å². The van der Waals surface area contributed by atoms with Gasteiger partial charge in [0.2, 0.25) is 0 Å². The Bertz CT molecular complexity index is 467. The van der Waals surface area contributed by atoms with E-state index in [1.165, 1.54) is 6.07 Å². The molecule has 0 fully saturated rings. The first-order valence-corrected chi connectivity index (χ1v) is 6.43. The van der Waals surface area contributed by atoms with E-state index in [2.05, 4.69) is 6.07 Å². The molecular formula is C15H19FN2O. The number of rotatable bonds is 7. The number of Topliss-reactive ketones (excluding diaryl/α,β-unsaturated/α-hetero) is 1. The van der Waals surface area contributed by atoms with Gasteiger partial charge in [0.05, 0.1) is 18.5 Å². The van der Waals surface area contributed by atoms with E-state index in [9.17, 15) is 9.18 Å². The fraction of sp³-hybridized carbons (Fsp3) is 0.467. The first-order valence-electron chi connectivity index (χ1n) is 6.43. The normalized spacial score (nSPS) is 12.2. The Balaban J connectivity index is 2.55. The van der Waals surface area contributed by atoms with E-state index in [0.29, 0.717) is 18.7 Å². The maximum Gasteiger partial charge on any atom is 0.151 e. The number of nitrogens with zero attached hydrogens (tertiary/aromatic N) is 2. The highest BCUT2D eigenvalue weighted by Crippen LogP contribution is 2.08. The first-order chi connectivity index (χ1) is 9.06. The molecule has 0 spiro atoms. The Kier molecular flexibility index (Phi) is 6.17. The topological polar surface area (TPSA) is 44.1 Å². The van der Waals surface area contributed by atoms with Gasteiger partial charge >= 0.3 is 0 Å². The van der Waals surface area contributed by atoms with Crippen molar-refractivity contribution in [3.05, 3.63) is 35.6 Å². The summed E-state index contributed by atoms with van der Waals surface area (Å²) in [5.41, 5.74) is 0.428. The quantitative estimate of drug-likeness (QED) is 0.758. The molecule has 0 N–H and O–H groups in total. The van der Waals surface area contributed by atoms with Crippen LogP contribution in [0, 0.1) is 23.1 Å². The smallest absolute Gasteiger partial charge is 0.151 e. The van der Waals surface area contributed by atoms with E-state index in [1.54, 1.807) is 18.2 Å². The minimum atomic E-state index is -0.343. The van der Waals surface area contributed by atoms with Gasteiger partial charge in [-0.15, -0.1) is 0 Å². The molecule has 4 heteroatoms. The molecule has 0 bridgehead atoms. The number of hydrogen-bond acceptors (Lipinski definition) is 3. The summed E-state index contributed by atoms with van der Waals surface area (Å²) in [5.74, 6) is -0.484. The number of halogens is 1. The lowest BCUT2D eigenvalue weighted by Crippen LogP contribution is -2.33. The molecule has 1 atom stereocenters. The van der Waals surface area contributed by atoms with E-state index < -0.39 is 0 Å². The maximum atomic E-state index is 13.4. The summed E-state index contributed by atoms with van der Waals surface area (Å²) in [6, 6.07) is 8.46. The molecule has 0 amide bonds. The third-order valence-corrected chi connectivity index (χ3v) is 2.95. The van der Waals surface area contributed by atoms with Gasteiger partial charge in [0.15, 0.2) is 5.78 Å². The van der Waals surface area contributed by atoms with E-state index in [-0.39, 0.29) is 30.5 Å². The largest absolute Gasteiger partial charge is 0.298 e. The van der Waals surface area contributed by atoms with Gasteiger partial charge in [-0.25, -0.2) is 4.39 Å². The molecule has 0 heterocycles. The lowest BCUT2D eigenvalue weighted by Gasteiger charge is -2.20. The van der Waals surface area contributed by atoms with Crippen molar-refractivity contribution >= 4 is 5.78 Å². The molecule has 0 saturated carbocycles. The number of likely N-dealkylation sites (N-methyl/N-ethyl adjacent to an activating group) is 1. The average Bonchev–Trinajstić information content (AvgIpc) is 2.40. The predicted octanol–water partition coefficient (Wildman–Crippen LogP) is 2.42. The fourth-order valence-electron chi connectivity index (χ4n) is 1.89. The van der Waals surface area contributed by atoms with E-state index in [4.69, 9.17) is 5.26 Å². The van der Waals surface area contributed by atoms with Crippen LogP contribution in [0.1, 0.15) is 19.4 Å². The summed E-state index contributed by atoms with van der Waals surface area (Å²) in [7, 11) is 0. The number of hydrogen-bond donors (Lipinski definition) is 0. The van der Waals surface area contributed by atoms with Crippen molar-refractivity contribution in [2.45, 2.75) is 20.3 Å². The first kappa shape index (κ1) is 15.3. The highest BCUT2D eigenvalue weighted by atomic mass is 19.1. The van der Waals surface area contributed by atoms with Crippen LogP contribution in [0.2, 0.25) is 0 Å². The monoisotopic (exact) mass is 262 g/mol. The van der Waals surface area contributed by atoms with Crippen molar-refractivity contribution in [1.29, 1.82) is 5.26 Å². The van der Waals surface area contributed by atoms with Gasteiger partial charge in [0.1, 0.15) is 5.82 Å². The molecule has 1 aromatic rings. The number of carbonyl (C=O) groups is 1. The zero-order valence-corrected chi connectivity index (χ0v) is 11.4. The molecule has 1 unspecified atom stereocenters. The van der Waals surface area contributed by atoms with Crippen molar-refractivity contribution in [2.75, 3.05) is 19.6 Å². The van der Waals surface area contributed by atoms with E-state index in [0.717, 1.165) is 0 Å². The molecule has 0 aliphatic heterocycles. The summed E-state index contributed by atoms with van der Waals surface area (Å²) in [4.78, 5) is 13.8. The van der Waals surface area contributed by atoms with E-state index >= 15 is 0 Å². The number of carbonyl (C=O) groups excluding carboxylic acids is 1. The highest BCUT2D eigenvalue weighted by molar-refractivity contribution is 5.82. The lowest BCUT2D eigenvalue weighted by atomic mass is 10.1. The van der Waals surface area contributed by atoms with Gasteiger partial charge in [-0.3, -0.25) is 9.69 Å².